The number of likely N-dealkylation sites (tertiary alicyclic amines) is 1. The second-order valence-corrected chi connectivity index (χ2v) is 6.56. The molecule has 1 aliphatic heterocycles. The quantitative estimate of drug-likeness (QED) is 0.909. The van der Waals surface area contributed by atoms with Crippen molar-refractivity contribution in [2.45, 2.75) is 38.8 Å². The molecule has 7 nitrogen and oxygen atoms in total. The zero-order valence-corrected chi connectivity index (χ0v) is 14.4. The Labute approximate surface area is 141 Å². The van der Waals surface area contributed by atoms with E-state index < -0.39 is 0 Å². The zero-order valence-electron chi connectivity index (χ0n) is 14.4. The van der Waals surface area contributed by atoms with Crippen molar-refractivity contribution in [3.8, 4) is 0 Å². The molecular formula is C17H25N5O2. The second-order valence-electron chi connectivity index (χ2n) is 6.56. The molecule has 0 unspecified atom stereocenters. The van der Waals surface area contributed by atoms with Gasteiger partial charge < -0.3 is 10.2 Å². The first-order valence-electron chi connectivity index (χ1n) is 8.57. The monoisotopic (exact) mass is 331 g/mol. The Morgan fingerprint density at radius 2 is 2.21 bits per heavy atom. The van der Waals surface area contributed by atoms with Crippen LogP contribution in [0.4, 0.5) is 4.79 Å². The number of nitrogens with one attached hydrogen (secondary N) is 1. The van der Waals surface area contributed by atoms with Crippen molar-refractivity contribution in [1.29, 1.82) is 0 Å². The Balaban J connectivity index is 1.45. The number of benzene rings is 1. The summed E-state index contributed by atoms with van der Waals surface area (Å²) in [6.45, 7) is 5.52. The van der Waals surface area contributed by atoms with Crippen LogP contribution in [0.3, 0.4) is 0 Å². The molecule has 0 bridgehead atoms. The van der Waals surface area contributed by atoms with Gasteiger partial charge in [-0.3, -0.25) is 4.90 Å². The van der Waals surface area contributed by atoms with Gasteiger partial charge in [0.05, 0.1) is 0 Å². The predicted molar refractivity (Wildman–Crippen MR) is 91.6 cm³/mol. The number of hydrogen-bond acceptors (Lipinski definition) is 5. The van der Waals surface area contributed by atoms with Crippen molar-refractivity contribution in [3.63, 3.8) is 0 Å². The number of aromatic nitrogens is 2. The highest BCUT2D eigenvalue weighted by Crippen LogP contribution is 2.15. The molecule has 2 aromatic rings. The van der Waals surface area contributed by atoms with E-state index in [-0.39, 0.29) is 6.03 Å². The number of urea groups is 1. The van der Waals surface area contributed by atoms with Gasteiger partial charge in [-0.15, -0.1) is 0 Å². The highest BCUT2D eigenvalue weighted by atomic mass is 16.6. The van der Waals surface area contributed by atoms with Crippen LogP contribution in [0, 0.1) is 0 Å². The van der Waals surface area contributed by atoms with E-state index in [1.807, 2.05) is 18.2 Å². The molecule has 1 saturated heterocycles. The molecule has 0 radical (unpaired) electrons. The minimum Gasteiger partial charge on any atom is -0.337 e. The van der Waals surface area contributed by atoms with Crippen molar-refractivity contribution in [1.82, 2.24) is 25.4 Å². The van der Waals surface area contributed by atoms with E-state index in [1.54, 1.807) is 11.9 Å². The summed E-state index contributed by atoms with van der Waals surface area (Å²) in [5, 5.41) is 10.6. The van der Waals surface area contributed by atoms with Crippen LogP contribution in [-0.2, 0) is 6.54 Å². The maximum absolute atomic E-state index is 12.2. The average Bonchev–Trinajstić information content (AvgIpc) is 3.04. The van der Waals surface area contributed by atoms with Crippen molar-refractivity contribution in [2.24, 2.45) is 0 Å². The summed E-state index contributed by atoms with van der Waals surface area (Å²) in [4.78, 5) is 16.4. The predicted octanol–water partition coefficient (Wildman–Crippen LogP) is 2.24. The smallest absolute Gasteiger partial charge is 0.317 e. The van der Waals surface area contributed by atoms with Crippen molar-refractivity contribution < 1.29 is 9.42 Å². The zero-order chi connectivity index (χ0) is 16.9. The number of rotatable bonds is 5. The summed E-state index contributed by atoms with van der Waals surface area (Å²) in [6, 6.07) is 6.25. The first-order chi connectivity index (χ1) is 11.6. The largest absolute Gasteiger partial charge is 0.337 e. The number of piperidine rings is 1. The molecular weight excluding hydrogens is 306 g/mol. The molecule has 1 N–H and O–H groups in total. The first kappa shape index (κ1) is 16.7. The summed E-state index contributed by atoms with van der Waals surface area (Å²) >= 11 is 0. The van der Waals surface area contributed by atoms with Gasteiger partial charge in [0.25, 0.3) is 0 Å². The molecule has 1 aromatic heterocycles. The van der Waals surface area contributed by atoms with Crippen LogP contribution in [0.1, 0.15) is 31.7 Å². The summed E-state index contributed by atoms with van der Waals surface area (Å²) in [5.74, 6) is 0. The lowest BCUT2D eigenvalue weighted by Gasteiger charge is -2.33. The van der Waals surface area contributed by atoms with E-state index in [0.29, 0.717) is 24.6 Å². The standard InChI is InChI=1S/C17H25N5O2/c1-13-5-3-4-9-22(13)10-8-18-17(23)21(2)12-14-6-7-15-16(11-14)20-24-19-15/h6-7,11,13H,3-5,8-10,12H2,1-2H3,(H,18,23)/t13-/m0/s1. The number of nitrogens with zero attached hydrogens (tertiary/aromatic N) is 4. The molecule has 1 aromatic carbocycles. The van der Waals surface area contributed by atoms with Crippen LogP contribution >= 0.6 is 0 Å². The van der Waals surface area contributed by atoms with E-state index >= 15 is 0 Å². The van der Waals surface area contributed by atoms with Gasteiger partial charge in [0.1, 0.15) is 11.0 Å². The minimum atomic E-state index is -0.0574. The lowest BCUT2D eigenvalue weighted by atomic mass is 10.0. The van der Waals surface area contributed by atoms with Crippen LogP contribution < -0.4 is 5.32 Å². The third-order valence-corrected chi connectivity index (χ3v) is 4.70. The molecule has 3 rings (SSSR count). The fourth-order valence-electron chi connectivity index (χ4n) is 3.20. The van der Waals surface area contributed by atoms with Gasteiger partial charge >= 0.3 is 6.03 Å². The van der Waals surface area contributed by atoms with Crippen LogP contribution in [0.5, 0.6) is 0 Å². The second kappa shape index (κ2) is 7.61. The first-order valence-corrected chi connectivity index (χ1v) is 8.57. The van der Waals surface area contributed by atoms with Crippen molar-refractivity contribution in [3.05, 3.63) is 23.8 Å². The van der Waals surface area contributed by atoms with Gasteiger partial charge in [0, 0.05) is 32.7 Å². The van der Waals surface area contributed by atoms with Crippen LogP contribution in [0.15, 0.2) is 22.8 Å². The minimum absolute atomic E-state index is 0.0574. The van der Waals surface area contributed by atoms with Gasteiger partial charge in [-0.1, -0.05) is 12.5 Å². The van der Waals surface area contributed by atoms with Gasteiger partial charge in [-0.05, 0) is 54.3 Å². The Kier molecular flexibility index (Phi) is 5.30. The van der Waals surface area contributed by atoms with E-state index in [4.69, 9.17) is 4.63 Å². The topological polar surface area (TPSA) is 74.5 Å². The van der Waals surface area contributed by atoms with Crippen molar-refractivity contribution in [2.75, 3.05) is 26.7 Å². The van der Waals surface area contributed by atoms with Gasteiger partial charge in [0.15, 0.2) is 0 Å². The van der Waals surface area contributed by atoms with Gasteiger partial charge in [-0.2, -0.15) is 0 Å². The molecule has 130 valence electrons. The Morgan fingerprint density at radius 1 is 1.38 bits per heavy atom. The fraction of sp³-hybridized carbons (Fsp3) is 0.588. The number of amides is 2. The number of hydrogen-bond donors (Lipinski definition) is 1. The van der Waals surface area contributed by atoms with E-state index in [9.17, 15) is 4.79 Å². The maximum atomic E-state index is 12.2. The van der Waals surface area contributed by atoms with Gasteiger partial charge in [0.2, 0.25) is 0 Å². The lowest BCUT2D eigenvalue weighted by molar-refractivity contribution is 0.159. The molecule has 1 atom stereocenters. The van der Waals surface area contributed by atoms with E-state index in [1.165, 1.54) is 19.3 Å². The van der Waals surface area contributed by atoms with E-state index in [0.717, 1.165) is 24.2 Å². The summed E-state index contributed by atoms with van der Waals surface area (Å²) in [5.41, 5.74) is 2.43. The molecule has 1 fully saturated rings. The molecule has 0 aliphatic carbocycles. The number of fused-ring (bicyclic) bond motifs is 1. The molecule has 2 amide bonds. The Bertz CT molecular complexity index is 686. The average molecular weight is 331 g/mol. The molecule has 0 saturated carbocycles. The molecule has 1 aliphatic rings. The summed E-state index contributed by atoms with van der Waals surface area (Å²) in [7, 11) is 1.80. The highest BCUT2D eigenvalue weighted by Gasteiger charge is 2.18. The number of carbonyl (C=O) groups excluding carboxylic acids is 1. The fourth-order valence-corrected chi connectivity index (χ4v) is 3.20. The Hall–Kier alpha value is -2.15. The lowest BCUT2D eigenvalue weighted by Crippen LogP contribution is -2.44. The van der Waals surface area contributed by atoms with Crippen LogP contribution in [0.2, 0.25) is 0 Å². The third-order valence-electron chi connectivity index (χ3n) is 4.70. The van der Waals surface area contributed by atoms with Crippen molar-refractivity contribution >= 4 is 17.1 Å². The Morgan fingerprint density at radius 3 is 3.04 bits per heavy atom. The molecule has 2 heterocycles. The molecule has 7 heteroatoms. The maximum Gasteiger partial charge on any atom is 0.317 e. The van der Waals surface area contributed by atoms with Gasteiger partial charge in [-0.25, -0.2) is 9.42 Å². The van der Waals surface area contributed by atoms with Crippen LogP contribution in [0.25, 0.3) is 11.0 Å². The summed E-state index contributed by atoms with van der Waals surface area (Å²) in [6.07, 6.45) is 3.84. The van der Waals surface area contributed by atoms with E-state index in [2.05, 4.69) is 27.5 Å². The summed E-state index contributed by atoms with van der Waals surface area (Å²) < 4.78 is 4.69. The normalized spacial score (nSPS) is 18.7. The molecule has 0 spiro atoms. The third kappa shape index (κ3) is 4.03. The SMILES string of the molecule is C[C@H]1CCCCN1CCNC(=O)N(C)Cc1ccc2nonc2c1. The molecule has 24 heavy (non-hydrogen) atoms. The highest BCUT2D eigenvalue weighted by molar-refractivity contribution is 5.75. The number of carbonyl (C=O) groups is 1. The van der Waals surface area contributed by atoms with Crippen LogP contribution in [-0.4, -0.2) is 58.9 Å².